The average Bonchev–Trinajstić information content (AvgIpc) is 2.54. The maximum atomic E-state index is 5.50. The summed E-state index contributed by atoms with van der Waals surface area (Å²) >= 11 is 0. The number of piperidine rings is 2. The van der Waals surface area contributed by atoms with Gasteiger partial charge in [-0.25, -0.2) is 0 Å². The van der Waals surface area contributed by atoms with Crippen LogP contribution in [-0.2, 0) is 6.54 Å². The molecule has 0 aromatic heterocycles. The van der Waals surface area contributed by atoms with Crippen molar-refractivity contribution in [2.75, 3.05) is 21.3 Å². The summed E-state index contributed by atoms with van der Waals surface area (Å²) in [5.41, 5.74) is 1.24. The molecule has 2 saturated heterocycles. The lowest BCUT2D eigenvalue weighted by molar-refractivity contribution is 0.0109. The molecule has 2 aliphatic rings. The van der Waals surface area contributed by atoms with Crippen molar-refractivity contribution in [3.05, 3.63) is 17.7 Å². The number of hydrogen-bond donors (Lipinski definition) is 0. The Bertz CT molecular complexity index is 506. The highest BCUT2D eigenvalue weighted by molar-refractivity contribution is 5.53. The fraction of sp³-hybridized carbons (Fsp3) is 0.684. The van der Waals surface area contributed by atoms with Gasteiger partial charge in [-0.05, 0) is 49.3 Å². The third-order valence-corrected chi connectivity index (χ3v) is 5.45. The molecule has 0 amide bonds. The highest BCUT2D eigenvalue weighted by atomic mass is 16.5. The molecule has 0 spiro atoms. The minimum absolute atomic E-state index is 0.672. The minimum atomic E-state index is 0.672. The van der Waals surface area contributed by atoms with E-state index in [-0.39, 0.29) is 0 Å². The van der Waals surface area contributed by atoms with E-state index in [9.17, 15) is 0 Å². The van der Waals surface area contributed by atoms with Crippen LogP contribution in [0.3, 0.4) is 0 Å². The fourth-order valence-corrected chi connectivity index (χ4v) is 4.45. The topological polar surface area (TPSA) is 30.9 Å². The largest absolute Gasteiger partial charge is 0.493 e. The van der Waals surface area contributed by atoms with Gasteiger partial charge in [0.1, 0.15) is 0 Å². The van der Waals surface area contributed by atoms with E-state index in [1.165, 1.54) is 37.7 Å². The van der Waals surface area contributed by atoms with Crippen LogP contribution >= 0.6 is 0 Å². The molecule has 0 radical (unpaired) electrons. The molecule has 2 fully saturated rings. The van der Waals surface area contributed by atoms with Crippen LogP contribution in [0, 0.1) is 5.92 Å². The summed E-state index contributed by atoms with van der Waals surface area (Å²) in [7, 11) is 5.01. The fourth-order valence-electron chi connectivity index (χ4n) is 4.45. The third-order valence-electron chi connectivity index (χ3n) is 5.45. The zero-order valence-electron chi connectivity index (χ0n) is 14.8. The summed E-state index contributed by atoms with van der Waals surface area (Å²) in [5.74, 6) is 3.03. The van der Waals surface area contributed by atoms with Gasteiger partial charge in [0.15, 0.2) is 11.5 Å². The van der Waals surface area contributed by atoms with E-state index in [0.717, 1.165) is 36.0 Å². The van der Waals surface area contributed by atoms with Gasteiger partial charge < -0.3 is 14.2 Å². The maximum absolute atomic E-state index is 5.50. The molecule has 23 heavy (non-hydrogen) atoms. The van der Waals surface area contributed by atoms with E-state index in [0.29, 0.717) is 5.75 Å². The normalized spacial score (nSPS) is 27.6. The van der Waals surface area contributed by atoms with E-state index >= 15 is 0 Å². The number of hydrogen-bond acceptors (Lipinski definition) is 4. The summed E-state index contributed by atoms with van der Waals surface area (Å²) < 4.78 is 16.4. The van der Waals surface area contributed by atoms with E-state index < -0.39 is 0 Å². The molecule has 2 aliphatic heterocycles. The van der Waals surface area contributed by atoms with Gasteiger partial charge in [0.05, 0.1) is 21.3 Å². The van der Waals surface area contributed by atoms with E-state index in [1.54, 1.807) is 21.3 Å². The van der Waals surface area contributed by atoms with E-state index in [1.807, 2.05) is 0 Å². The molecule has 0 N–H and O–H groups in total. The molecule has 4 heteroatoms. The molecule has 1 aromatic rings. The van der Waals surface area contributed by atoms with Gasteiger partial charge in [0, 0.05) is 18.6 Å². The van der Waals surface area contributed by atoms with Crippen molar-refractivity contribution in [2.45, 2.75) is 57.7 Å². The van der Waals surface area contributed by atoms with Crippen LogP contribution in [0.2, 0.25) is 0 Å². The van der Waals surface area contributed by atoms with Gasteiger partial charge in [-0.15, -0.1) is 0 Å². The van der Waals surface area contributed by atoms with Gasteiger partial charge in [0.2, 0.25) is 5.75 Å². The second-order valence-corrected chi connectivity index (χ2v) is 7.02. The lowest BCUT2D eigenvalue weighted by atomic mass is 9.79. The van der Waals surface area contributed by atoms with E-state index in [2.05, 4.69) is 24.0 Å². The highest BCUT2D eigenvalue weighted by Crippen LogP contribution is 2.41. The minimum Gasteiger partial charge on any atom is -0.493 e. The Kier molecular flexibility index (Phi) is 5.00. The molecule has 2 unspecified atom stereocenters. The molecule has 2 heterocycles. The number of ether oxygens (including phenoxy) is 3. The summed E-state index contributed by atoms with van der Waals surface area (Å²) in [6, 6.07) is 5.65. The number of methoxy groups -OCH3 is 3. The van der Waals surface area contributed by atoms with Crippen molar-refractivity contribution in [3.63, 3.8) is 0 Å². The van der Waals surface area contributed by atoms with Gasteiger partial charge >= 0.3 is 0 Å². The third kappa shape index (κ3) is 3.27. The van der Waals surface area contributed by atoms with Crippen LogP contribution in [-0.4, -0.2) is 38.3 Å². The first kappa shape index (κ1) is 16.4. The van der Waals surface area contributed by atoms with Gasteiger partial charge in [-0.2, -0.15) is 0 Å². The van der Waals surface area contributed by atoms with E-state index in [4.69, 9.17) is 14.2 Å². The van der Waals surface area contributed by atoms with Crippen LogP contribution in [0.15, 0.2) is 12.1 Å². The number of fused-ring (bicyclic) bond motifs is 2. The molecule has 0 aliphatic carbocycles. The maximum Gasteiger partial charge on any atom is 0.203 e. The highest BCUT2D eigenvalue weighted by Gasteiger charge is 2.36. The lowest BCUT2D eigenvalue weighted by Crippen LogP contribution is -2.51. The van der Waals surface area contributed by atoms with Crippen LogP contribution in [0.4, 0.5) is 0 Å². The Hall–Kier alpha value is -1.42. The lowest BCUT2D eigenvalue weighted by Gasteiger charge is -2.48. The van der Waals surface area contributed by atoms with Crippen LogP contribution in [0.25, 0.3) is 0 Å². The molecule has 0 saturated carbocycles. The molecular formula is C19H29NO3. The second-order valence-electron chi connectivity index (χ2n) is 7.02. The number of rotatable bonds is 5. The Morgan fingerprint density at radius 2 is 1.52 bits per heavy atom. The first-order valence-corrected chi connectivity index (χ1v) is 8.70. The summed E-state index contributed by atoms with van der Waals surface area (Å²) in [4.78, 5) is 2.71. The number of benzene rings is 1. The molecule has 2 bridgehead atoms. The monoisotopic (exact) mass is 319 g/mol. The van der Waals surface area contributed by atoms with Crippen molar-refractivity contribution in [2.24, 2.45) is 5.92 Å². The SMILES string of the molecule is COc1cc(CN2C3CCCC2CC(C)C3)cc(OC)c1OC. The summed E-state index contributed by atoms with van der Waals surface area (Å²) in [6.45, 7) is 3.38. The van der Waals surface area contributed by atoms with Gasteiger partial charge in [-0.3, -0.25) is 4.90 Å². The van der Waals surface area contributed by atoms with Crippen LogP contribution in [0.5, 0.6) is 17.2 Å². The Morgan fingerprint density at radius 3 is 2.00 bits per heavy atom. The van der Waals surface area contributed by atoms with Crippen molar-refractivity contribution >= 4 is 0 Å². The first-order valence-electron chi connectivity index (χ1n) is 8.70. The number of nitrogens with zero attached hydrogens (tertiary/aromatic N) is 1. The van der Waals surface area contributed by atoms with Gasteiger partial charge in [0.25, 0.3) is 0 Å². The van der Waals surface area contributed by atoms with Crippen LogP contribution in [0.1, 0.15) is 44.6 Å². The zero-order chi connectivity index (χ0) is 16.4. The first-order chi connectivity index (χ1) is 11.2. The molecular weight excluding hydrogens is 290 g/mol. The van der Waals surface area contributed by atoms with Crippen LogP contribution < -0.4 is 14.2 Å². The Labute approximate surface area is 139 Å². The quantitative estimate of drug-likeness (QED) is 0.824. The Balaban J connectivity index is 1.85. The molecule has 4 nitrogen and oxygen atoms in total. The predicted octanol–water partition coefficient (Wildman–Crippen LogP) is 3.87. The van der Waals surface area contributed by atoms with Crippen molar-refractivity contribution < 1.29 is 14.2 Å². The second kappa shape index (κ2) is 7.00. The van der Waals surface area contributed by atoms with Crippen molar-refractivity contribution in [1.82, 2.24) is 4.90 Å². The van der Waals surface area contributed by atoms with Crippen molar-refractivity contribution in [3.8, 4) is 17.2 Å². The molecule has 128 valence electrons. The predicted molar refractivity (Wildman–Crippen MR) is 91.5 cm³/mol. The smallest absolute Gasteiger partial charge is 0.203 e. The van der Waals surface area contributed by atoms with Gasteiger partial charge in [-0.1, -0.05) is 13.3 Å². The average molecular weight is 319 g/mol. The molecule has 3 rings (SSSR count). The summed E-state index contributed by atoms with van der Waals surface area (Å²) in [5, 5.41) is 0. The molecule has 2 atom stereocenters. The zero-order valence-corrected chi connectivity index (χ0v) is 14.8. The molecule has 1 aromatic carbocycles. The van der Waals surface area contributed by atoms with Crippen molar-refractivity contribution in [1.29, 1.82) is 0 Å². The summed E-state index contributed by atoms with van der Waals surface area (Å²) in [6.07, 6.45) is 6.73. The standard InChI is InChI=1S/C19H29NO3/c1-13-8-15-6-5-7-16(9-13)20(15)12-14-10-17(21-2)19(23-4)18(11-14)22-3/h10-11,13,15-16H,5-9,12H2,1-4H3. The Morgan fingerprint density at radius 1 is 0.957 bits per heavy atom.